The number of amides is 2. The highest BCUT2D eigenvalue weighted by Crippen LogP contribution is 2.19. The summed E-state index contributed by atoms with van der Waals surface area (Å²) in [4.78, 5) is 48.1. The highest BCUT2D eigenvalue weighted by Gasteiger charge is 2.40. The molecule has 2 rings (SSSR count). The summed E-state index contributed by atoms with van der Waals surface area (Å²) in [6, 6.07) is 7.36. The summed E-state index contributed by atoms with van der Waals surface area (Å²) in [6.45, 7) is -0.0822. The minimum absolute atomic E-state index is 0.0768. The summed E-state index contributed by atoms with van der Waals surface area (Å²) in [5.74, 6) is -4.63. The van der Waals surface area contributed by atoms with Gasteiger partial charge in [0, 0.05) is 24.0 Å². The van der Waals surface area contributed by atoms with Crippen LogP contribution in [0, 0.1) is 5.92 Å². The molecule has 1 aromatic rings. The first-order chi connectivity index (χ1) is 10.9. The van der Waals surface area contributed by atoms with Crippen molar-refractivity contribution in [2.24, 2.45) is 5.92 Å². The number of benzene rings is 1. The highest BCUT2D eigenvalue weighted by molar-refractivity contribution is 9.10. The maximum absolute atomic E-state index is 12.4. The lowest BCUT2D eigenvalue weighted by Crippen LogP contribution is -2.52. The number of aliphatic carboxylic acids is 1. The second kappa shape index (κ2) is 7.36. The lowest BCUT2D eigenvalue weighted by Gasteiger charge is -2.30. The van der Waals surface area contributed by atoms with Gasteiger partial charge in [0.15, 0.2) is 11.7 Å². The number of halogens is 1. The number of carbonyl (C=O) groups is 4. The van der Waals surface area contributed by atoms with Gasteiger partial charge >= 0.3 is 5.97 Å². The lowest BCUT2D eigenvalue weighted by atomic mass is 9.94. The first-order valence-electron chi connectivity index (χ1n) is 6.94. The fourth-order valence-electron chi connectivity index (χ4n) is 2.31. The van der Waals surface area contributed by atoms with E-state index in [0.717, 1.165) is 10.0 Å². The van der Waals surface area contributed by atoms with Crippen LogP contribution in [-0.2, 0) is 25.7 Å². The van der Waals surface area contributed by atoms with Gasteiger partial charge in [-0.1, -0.05) is 28.1 Å². The first kappa shape index (κ1) is 17.1. The van der Waals surface area contributed by atoms with Crippen molar-refractivity contribution in [1.82, 2.24) is 10.2 Å². The van der Waals surface area contributed by atoms with E-state index in [1.165, 1.54) is 4.90 Å². The van der Waals surface area contributed by atoms with Gasteiger partial charge in [0.25, 0.3) is 0 Å². The Morgan fingerprint density at radius 3 is 2.52 bits per heavy atom. The lowest BCUT2D eigenvalue weighted by molar-refractivity contribution is -0.152. The maximum Gasteiger partial charge on any atom is 0.322 e. The van der Waals surface area contributed by atoms with Gasteiger partial charge in [-0.05, 0) is 17.7 Å². The number of nitrogens with one attached hydrogen (secondary N) is 1. The summed E-state index contributed by atoms with van der Waals surface area (Å²) in [7, 11) is 0. The Kier molecular flexibility index (Phi) is 5.49. The fraction of sp³-hybridized carbons (Fsp3) is 0.333. The van der Waals surface area contributed by atoms with Crippen molar-refractivity contribution in [1.29, 1.82) is 0 Å². The number of ketones is 1. The largest absolute Gasteiger partial charge is 0.480 e. The van der Waals surface area contributed by atoms with Crippen molar-refractivity contribution >= 4 is 39.5 Å². The number of Topliss-reactive ketones (excluding diaryl/α,β-unsaturated/α-hetero) is 1. The third kappa shape index (κ3) is 4.38. The zero-order chi connectivity index (χ0) is 17.0. The predicted molar refractivity (Wildman–Crippen MR) is 83.3 cm³/mol. The molecular weight excluding hydrogens is 368 g/mol. The monoisotopic (exact) mass is 382 g/mol. The average molecular weight is 383 g/mol. The standard InChI is InChI=1S/C15H15BrN2O5/c16-10-3-1-9(2-4-10)8-18-6-5-11(19)13(15(18)23)14(22)17-7-12(20)21/h1-4,13H,5-8H2,(H,17,22)(H,20,21). The van der Waals surface area contributed by atoms with Crippen LogP contribution in [0.2, 0.25) is 0 Å². The molecule has 8 heteroatoms. The number of hydrogen-bond donors (Lipinski definition) is 2. The summed E-state index contributed by atoms with van der Waals surface area (Å²) < 4.78 is 0.910. The zero-order valence-corrected chi connectivity index (χ0v) is 13.7. The summed E-state index contributed by atoms with van der Waals surface area (Å²) in [5.41, 5.74) is 0.876. The third-order valence-corrected chi connectivity index (χ3v) is 4.00. The second-order valence-electron chi connectivity index (χ2n) is 5.15. The van der Waals surface area contributed by atoms with Crippen molar-refractivity contribution in [3.05, 3.63) is 34.3 Å². The van der Waals surface area contributed by atoms with Gasteiger partial charge in [-0.2, -0.15) is 0 Å². The molecule has 0 spiro atoms. The molecule has 122 valence electrons. The van der Waals surface area contributed by atoms with Crippen LogP contribution in [0.5, 0.6) is 0 Å². The molecule has 0 bridgehead atoms. The highest BCUT2D eigenvalue weighted by atomic mass is 79.9. The van der Waals surface area contributed by atoms with Crippen LogP contribution in [0.4, 0.5) is 0 Å². The minimum Gasteiger partial charge on any atom is -0.480 e. The van der Waals surface area contributed by atoms with Crippen LogP contribution in [-0.4, -0.2) is 46.7 Å². The van der Waals surface area contributed by atoms with Crippen LogP contribution in [0.25, 0.3) is 0 Å². The molecule has 1 aromatic carbocycles. The van der Waals surface area contributed by atoms with E-state index < -0.39 is 36.0 Å². The van der Waals surface area contributed by atoms with Crippen LogP contribution in [0.15, 0.2) is 28.7 Å². The molecule has 1 atom stereocenters. The quantitative estimate of drug-likeness (QED) is 0.724. The topological polar surface area (TPSA) is 104 Å². The van der Waals surface area contributed by atoms with E-state index >= 15 is 0 Å². The van der Waals surface area contributed by atoms with Gasteiger partial charge in [-0.15, -0.1) is 0 Å². The predicted octanol–water partition coefficient (Wildman–Crippen LogP) is 0.567. The Labute approximate surface area is 140 Å². The van der Waals surface area contributed by atoms with Crippen LogP contribution in [0.3, 0.4) is 0 Å². The Hall–Kier alpha value is -2.22. The summed E-state index contributed by atoms with van der Waals surface area (Å²) >= 11 is 3.32. The molecule has 1 heterocycles. The number of rotatable bonds is 5. The number of nitrogens with zero attached hydrogens (tertiary/aromatic N) is 1. The SMILES string of the molecule is O=C(O)CNC(=O)C1C(=O)CCN(Cc2ccc(Br)cc2)C1=O. The average Bonchev–Trinajstić information content (AvgIpc) is 2.50. The number of piperidine rings is 1. The smallest absolute Gasteiger partial charge is 0.322 e. The van der Waals surface area contributed by atoms with Crippen molar-refractivity contribution < 1.29 is 24.3 Å². The van der Waals surface area contributed by atoms with Crippen molar-refractivity contribution in [2.75, 3.05) is 13.1 Å². The van der Waals surface area contributed by atoms with E-state index in [2.05, 4.69) is 21.2 Å². The molecule has 23 heavy (non-hydrogen) atoms. The molecular formula is C15H15BrN2O5. The minimum atomic E-state index is -1.46. The van der Waals surface area contributed by atoms with E-state index in [0.29, 0.717) is 6.54 Å². The molecule has 0 radical (unpaired) electrons. The van der Waals surface area contributed by atoms with Gasteiger partial charge in [-0.25, -0.2) is 0 Å². The van der Waals surface area contributed by atoms with E-state index in [1.807, 2.05) is 24.3 Å². The molecule has 1 aliphatic rings. The second-order valence-corrected chi connectivity index (χ2v) is 6.06. The Morgan fingerprint density at radius 1 is 1.26 bits per heavy atom. The first-order valence-corrected chi connectivity index (χ1v) is 7.73. The van der Waals surface area contributed by atoms with Crippen LogP contribution >= 0.6 is 15.9 Å². The van der Waals surface area contributed by atoms with Crippen LogP contribution in [0.1, 0.15) is 12.0 Å². The van der Waals surface area contributed by atoms with Gasteiger partial charge in [0.05, 0.1) is 0 Å². The summed E-state index contributed by atoms with van der Waals surface area (Å²) in [5, 5.41) is 10.7. The zero-order valence-electron chi connectivity index (χ0n) is 12.1. The molecule has 0 aliphatic carbocycles. The molecule has 2 N–H and O–H groups in total. The molecule has 0 saturated carbocycles. The molecule has 2 amide bonds. The third-order valence-electron chi connectivity index (χ3n) is 3.47. The Bertz CT molecular complexity index is 644. The normalized spacial score (nSPS) is 18.0. The molecule has 1 fully saturated rings. The number of carbonyl (C=O) groups excluding carboxylic acids is 3. The number of carboxylic acid groups (broad SMARTS) is 1. The number of hydrogen-bond acceptors (Lipinski definition) is 4. The van der Waals surface area contributed by atoms with E-state index in [1.54, 1.807) is 0 Å². The van der Waals surface area contributed by atoms with Crippen molar-refractivity contribution in [3.63, 3.8) is 0 Å². The number of likely N-dealkylation sites (tertiary alicyclic amines) is 1. The van der Waals surface area contributed by atoms with E-state index in [4.69, 9.17) is 5.11 Å². The summed E-state index contributed by atoms with van der Waals surface area (Å²) in [6.07, 6.45) is 0.0768. The van der Waals surface area contributed by atoms with E-state index in [9.17, 15) is 19.2 Å². The number of carboxylic acids is 1. The van der Waals surface area contributed by atoms with Crippen molar-refractivity contribution in [3.8, 4) is 0 Å². The van der Waals surface area contributed by atoms with Crippen molar-refractivity contribution in [2.45, 2.75) is 13.0 Å². The van der Waals surface area contributed by atoms with Gasteiger partial charge in [0.1, 0.15) is 6.54 Å². The Morgan fingerprint density at radius 2 is 1.91 bits per heavy atom. The maximum atomic E-state index is 12.4. The molecule has 0 aromatic heterocycles. The molecule has 1 unspecified atom stereocenters. The van der Waals surface area contributed by atoms with Gasteiger partial charge in [0.2, 0.25) is 11.8 Å². The van der Waals surface area contributed by atoms with Gasteiger partial charge in [-0.3, -0.25) is 19.2 Å². The Balaban J connectivity index is 2.07. The van der Waals surface area contributed by atoms with Crippen LogP contribution < -0.4 is 5.32 Å². The van der Waals surface area contributed by atoms with Gasteiger partial charge < -0.3 is 15.3 Å². The van der Waals surface area contributed by atoms with E-state index in [-0.39, 0.29) is 13.0 Å². The molecule has 7 nitrogen and oxygen atoms in total. The molecule has 1 saturated heterocycles. The molecule has 1 aliphatic heterocycles. The fourth-order valence-corrected chi connectivity index (χ4v) is 2.57.